The Labute approximate surface area is 154 Å². The van der Waals surface area contributed by atoms with Crippen LogP contribution in [0, 0.1) is 11.8 Å². The van der Waals surface area contributed by atoms with Crippen LogP contribution in [0.1, 0.15) is 22.8 Å². The van der Waals surface area contributed by atoms with Crippen LogP contribution in [0.5, 0.6) is 11.5 Å². The second-order valence-electron chi connectivity index (χ2n) is 5.35. The van der Waals surface area contributed by atoms with E-state index in [1.165, 1.54) is 0 Å². The third kappa shape index (κ3) is 5.71. The number of hydrogen-bond donors (Lipinski definition) is 1. The first-order chi connectivity index (χ1) is 12.8. The molecule has 2 aromatic rings. The van der Waals surface area contributed by atoms with E-state index in [2.05, 4.69) is 23.7 Å². The molecule has 2 aromatic carbocycles. The van der Waals surface area contributed by atoms with Gasteiger partial charge in [0.15, 0.2) is 0 Å². The van der Waals surface area contributed by atoms with E-state index in [1.54, 1.807) is 18.2 Å². The Morgan fingerprint density at radius 2 is 1.81 bits per heavy atom. The molecule has 26 heavy (non-hydrogen) atoms. The maximum atomic E-state index is 12.2. The van der Waals surface area contributed by atoms with Gasteiger partial charge in [-0.1, -0.05) is 48.2 Å². The SMILES string of the molecule is C=CCc1ccccc1OCC#CCNC(=O)c1ccccc1OCC. The lowest BCUT2D eigenvalue weighted by atomic mass is 10.1. The van der Waals surface area contributed by atoms with Crippen LogP contribution < -0.4 is 14.8 Å². The Bertz CT molecular complexity index is 802. The summed E-state index contributed by atoms with van der Waals surface area (Å²) in [6.45, 7) is 6.65. The summed E-state index contributed by atoms with van der Waals surface area (Å²) in [5.41, 5.74) is 1.58. The van der Waals surface area contributed by atoms with Gasteiger partial charge in [0.2, 0.25) is 0 Å². The summed E-state index contributed by atoms with van der Waals surface area (Å²) in [4.78, 5) is 12.2. The predicted molar refractivity (Wildman–Crippen MR) is 104 cm³/mol. The lowest BCUT2D eigenvalue weighted by Crippen LogP contribution is -2.24. The van der Waals surface area contributed by atoms with Crippen LogP contribution in [0.2, 0.25) is 0 Å². The Balaban J connectivity index is 1.82. The molecule has 0 saturated carbocycles. The number of carbonyl (C=O) groups is 1. The van der Waals surface area contributed by atoms with E-state index in [0.29, 0.717) is 17.9 Å². The molecule has 0 heterocycles. The standard InChI is InChI=1S/C22H23NO3/c1-3-11-18-12-5-7-14-20(18)26-17-10-9-16-23-22(24)19-13-6-8-15-21(19)25-4-2/h3,5-8,12-15H,1,4,11,16-17H2,2H3,(H,23,24). The molecule has 0 fully saturated rings. The summed E-state index contributed by atoms with van der Waals surface area (Å²) >= 11 is 0. The molecule has 4 nitrogen and oxygen atoms in total. The topological polar surface area (TPSA) is 47.6 Å². The molecule has 0 aliphatic carbocycles. The van der Waals surface area contributed by atoms with Gasteiger partial charge in [-0.3, -0.25) is 4.79 Å². The van der Waals surface area contributed by atoms with Gasteiger partial charge in [-0.15, -0.1) is 6.58 Å². The van der Waals surface area contributed by atoms with Crippen LogP contribution in [0.15, 0.2) is 61.2 Å². The largest absolute Gasteiger partial charge is 0.493 e. The summed E-state index contributed by atoms with van der Waals surface area (Å²) in [5.74, 6) is 6.96. The third-order valence-corrected chi connectivity index (χ3v) is 3.53. The molecule has 134 valence electrons. The van der Waals surface area contributed by atoms with Crippen LogP contribution in [-0.2, 0) is 6.42 Å². The molecule has 0 aromatic heterocycles. The average molecular weight is 349 g/mol. The fourth-order valence-electron chi connectivity index (χ4n) is 2.35. The number of benzene rings is 2. The minimum Gasteiger partial charge on any atom is -0.493 e. The molecule has 1 amide bonds. The first-order valence-electron chi connectivity index (χ1n) is 8.53. The minimum atomic E-state index is -0.208. The molecule has 2 rings (SSSR count). The maximum absolute atomic E-state index is 12.2. The van der Waals surface area contributed by atoms with Crippen molar-refractivity contribution in [1.29, 1.82) is 0 Å². The molecule has 0 atom stereocenters. The van der Waals surface area contributed by atoms with Crippen molar-refractivity contribution in [2.75, 3.05) is 19.8 Å². The molecule has 1 N–H and O–H groups in total. The van der Waals surface area contributed by atoms with Crippen LogP contribution in [0.25, 0.3) is 0 Å². The van der Waals surface area contributed by atoms with Gasteiger partial charge in [-0.2, -0.15) is 0 Å². The summed E-state index contributed by atoms with van der Waals surface area (Å²) in [6, 6.07) is 14.9. The molecule has 0 aliphatic rings. The lowest BCUT2D eigenvalue weighted by Gasteiger charge is -2.09. The van der Waals surface area contributed by atoms with Gasteiger partial charge < -0.3 is 14.8 Å². The molecular formula is C22H23NO3. The highest BCUT2D eigenvalue weighted by Crippen LogP contribution is 2.18. The van der Waals surface area contributed by atoms with Crippen LogP contribution in [-0.4, -0.2) is 25.7 Å². The normalized spacial score (nSPS) is 9.58. The van der Waals surface area contributed by atoms with Gasteiger partial charge in [0.25, 0.3) is 5.91 Å². The van der Waals surface area contributed by atoms with Crippen molar-refractivity contribution in [3.8, 4) is 23.3 Å². The van der Waals surface area contributed by atoms with Gasteiger partial charge in [-0.05, 0) is 37.1 Å². The highest BCUT2D eigenvalue weighted by Gasteiger charge is 2.10. The second-order valence-corrected chi connectivity index (χ2v) is 5.35. The summed E-state index contributed by atoms with van der Waals surface area (Å²) in [5, 5.41) is 2.77. The van der Waals surface area contributed by atoms with Gasteiger partial charge >= 0.3 is 0 Å². The van der Waals surface area contributed by atoms with Gasteiger partial charge in [0.05, 0.1) is 18.7 Å². The second kappa shape index (κ2) is 10.6. The molecule has 0 bridgehead atoms. The number of allylic oxidation sites excluding steroid dienone is 1. The Morgan fingerprint density at radius 3 is 2.58 bits per heavy atom. The van der Waals surface area contributed by atoms with Gasteiger partial charge in [-0.25, -0.2) is 0 Å². The zero-order valence-electron chi connectivity index (χ0n) is 15.0. The molecule has 0 unspecified atom stereocenters. The zero-order valence-corrected chi connectivity index (χ0v) is 15.0. The van der Waals surface area contributed by atoms with Crippen LogP contribution in [0.3, 0.4) is 0 Å². The van der Waals surface area contributed by atoms with E-state index in [1.807, 2.05) is 43.3 Å². The fraction of sp³-hybridized carbons (Fsp3) is 0.227. The molecule has 0 spiro atoms. The molecule has 0 radical (unpaired) electrons. The van der Waals surface area contributed by atoms with E-state index in [0.717, 1.165) is 17.7 Å². The van der Waals surface area contributed by atoms with Crippen molar-refractivity contribution in [3.63, 3.8) is 0 Å². The van der Waals surface area contributed by atoms with Crippen molar-refractivity contribution < 1.29 is 14.3 Å². The molecular weight excluding hydrogens is 326 g/mol. The molecule has 0 saturated heterocycles. The summed E-state index contributed by atoms with van der Waals surface area (Å²) < 4.78 is 11.1. The first kappa shape index (κ1) is 19.1. The van der Waals surface area contributed by atoms with E-state index in [4.69, 9.17) is 9.47 Å². The van der Waals surface area contributed by atoms with Crippen LogP contribution >= 0.6 is 0 Å². The number of ether oxygens (including phenoxy) is 2. The Morgan fingerprint density at radius 1 is 1.08 bits per heavy atom. The summed E-state index contributed by atoms with van der Waals surface area (Å²) in [7, 11) is 0. The van der Waals surface area contributed by atoms with Crippen molar-refractivity contribution in [2.24, 2.45) is 0 Å². The Hall–Kier alpha value is -3.19. The first-order valence-corrected chi connectivity index (χ1v) is 8.53. The minimum absolute atomic E-state index is 0.208. The van der Waals surface area contributed by atoms with E-state index in [-0.39, 0.29) is 19.1 Å². The number of amides is 1. The monoisotopic (exact) mass is 349 g/mol. The van der Waals surface area contributed by atoms with Crippen LogP contribution in [0.4, 0.5) is 0 Å². The number of hydrogen-bond acceptors (Lipinski definition) is 3. The predicted octanol–water partition coefficient (Wildman–Crippen LogP) is 3.63. The number of carbonyl (C=O) groups excluding carboxylic acids is 1. The van der Waals surface area contributed by atoms with E-state index in [9.17, 15) is 4.79 Å². The Kier molecular flexibility index (Phi) is 7.82. The smallest absolute Gasteiger partial charge is 0.255 e. The zero-order chi connectivity index (χ0) is 18.6. The highest BCUT2D eigenvalue weighted by molar-refractivity contribution is 5.97. The third-order valence-electron chi connectivity index (χ3n) is 3.53. The fourth-order valence-corrected chi connectivity index (χ4v) is 2.35. The summed E-state index contributed by atoms with van der Waals surface area (Å²) in [6.07, 6.45) is 2.59. The van der Waals surface area contributed by atoms with E-state index < -0.39 is 0 Å². The van der Waals surface area contributed by atoms with Gasteiger partial charge in [0.1, 0.15) is 18.1 Å². The maximum Gasteiger partial charge on any atom is 0.255 e. The lowest BCUT2D eigenvalue weighted by molar-refractivity contribution is 0.0955. The van der Waals surface area contributed by atoms with Crippen molar-refractivity contribution in [3.05, 3.63) is 72.3 Å². The number of rotatable bonds is 8. The number of nitrogens with one attached hydrogen (secondary N) is 1. The average Bonchev–Trinajstić information content (AvgIpc) is 2.66. The quantitative estimate of drug-likeness (QED) is 0.585. The van der Waals surface area contributed by atoms with Crippen molar-refractivity contribution >= 4 is 5.91 Å². The van der Waals surface area contributed by atoms with Crippen molar-refractivity contribution in [2.45, 2.75) is 13.3 Å². The van der Waals surface area contributed by atoms with Gasteiger partial charge in [0, 0.05) is 0 Å². The van der Waals surface area contributed by atoms with Crippen molar-refractivity contribution in [1.82, 2.24) is 5.32 Å². The van der Waals surface area contributed by atoms with E-state index >= 15 is 0 Å². The highest BCUT2D eigenvalue weighted by atomic mass is 16.5. The molecule has 0 aliphatic heterocycles. The molecule has 4 heteroatoms. The number of para-hydroxylation sites is 2.